The van der Waals surface area contributed by atoms with E-state index in [0.29, 0.717) is 17.4 Å². The SMILES string of the molecule is C[C@@]1(C(=O)NNC(=O)c2ccccc2)C[C@H]2C=C[C@H]1C2. The molecule has 4 heteroatoms. The lowest BCUT2D eigenvalue weighted by Gasteiger charge is -2.29. The van der Waals surface area contributed by atoms with Crippen LogP contribution in [0.1, 0.15) is 30.1 Å². The first-order valence-corrected chi connectivity index (χ1v) is 6.94. The third-order valence-corrected chi connectivity index (χ3v) is 4.52. The molecule has 2 aliphatic carbocycles. The lowest BCUT2D eigenvalue weighted by atomic mass is 9.77. The fourth-order valence-corrected chi connectivity index (χ4v) is 3.27. The molecular formula is C16H18N2O2. The van der Waals surface area contributed by atoms with Crippen LogP contribution in [-0.2, 0) is 4.79 Å². The second kappa shape index (κ2) is 4.78. The molecule has 1 aromatic carbocycles. The van der Waals surface area contributed by atoms with Gasteiger partial charge in [-0.05, 0) is 36.8 Å². The number of fused-ring (bicyclic) bond motifs is 2. The Labute approximate surface area is 118 Å². The minimum absolute atomic E-state index is 0.0985. The number of hydrogen-bond acceptors (Lipinski definition) is 2. The maximum absolute atomic E-state index is 12.3. The summed E-state index contributed by atoms with van der Waals surface area (Å²) in [6.07, 6.45) is 6.24. The van der Waals surface area contributed by atoms with E-state index < -0.39 is 5.41 Å². The summed E-state index contributed by atoms with van der Waals surface area (Å²) < 4.78 is 0. The van der Waals surface area contributed by atoms with Crippen LogP contribution in [-0.4, -0.2) is 11.8 Å². The molecule has 2 amide bonds. The summed E-state index contributed by atoms with van der Waals surface area (Å²) in [4.78, 5) is 24.2. The number of carbonyl (C=O) groups excluding carboxylic acids is 2. The standard InChI is InChI=1S/C16H18N2O2/c1-16(10-11-7-8-13(16)9-11)15(20)18-17-14(19)12-5-3-2-4-6-12/h2-8,11,13H,9-10H2,1H3,(H,17,19)(H,18,20)/t11-,13-,16+/m0/s1. The number of benzene rings is 1. The third kappa shape index (κ3) is 2.11. The van der Waals surface area contributed by atoms with E-state index in [9.17, 15) is 9.59 Å². The maximum atomic E-state index is 12.3. The van der Waals surface area contributed by atoms with Crippen molar-refractivity contribution in [3.05, 3.63) is 48.0 Å². The minimum Gasteiger partial charge on any atom is -0.273 e. The van der Waals surface area contributed by atoms with Gasteiger partial charge in [-0.25, -0.2) is 0 Å². The maximum Gasteiger partial charge on any atom is 0.269 e. The van der Waals surface area contributed by atoms with Gasteiger partial charge in [-0.3, -0.25) is 20.4 Å². The van der Waals surface area contributed by atoms with Crippen molar-refractivity contribution >= 4 is 11.8 Å². The summed E-state index contributed by atoms with van der Waals surface area (Å²) in [6, 6.07) is 8.85. The van der Waals surface area contributed by atoms with E-state index in [0.717, 1.165) is 12.8 Å². The summed E-state index contributed by atoms with van der Waals surface area (Å²) in [5.41, 5.74) is 5.21. The van der Waals surface area contributed by atoms with Crippen LogP contribution in [0.5, 0.6) is 0 Å². The molecule has 0 aromatic heterocycles. The molecule has 0 heterocycles. The molecular weight excluding hydrogens is 252 g/mol. The fourth-order valence-electron chi connectivity index (χ4n) is 3.27. The van der Waals surface area contributed by atoms with Crippen molar-refractivity contribution in [2.24, 2.45) is 17.3 Å². The van der Waals surface area contributed by atoms with Crippen LogP contribution in [0.2, 0.25) is 0 Å². The van der Waals surface area contributed by atoms with Crippen molar-refractivity contribution in [1.82, 2.24) is 10.9 Å². The largest absolute Gasteiger partial charge is 0.273 e. The van der Waals surface area contributed by atoms with Crippen LogP contribution in [0.3, 0.4) is 0 Å². The van der Waals surface area contributed by atoms with Crippen molar-refractivity contribution in [1.29, 1.82) is 0 Å². The Morgan fingerprint density at radius 3 is 2.50 bits per heavy atom. The zero-order chi connectivity index (χ0) is 14.2. The lowest BCUT2D eigenvalue weighted by Crippen LogP contribution is -2.49. The zero-order valence-corrected chi connectivity index (χ0v) is 11.4. The quantitative estimate of drug-likeness (QED) is 0.638. The van der Waals surface area contributed by atoms with Crippen molar-refractivity contribution < 1.29 is 9.59 Å². The van der Waals surface area contributed by atoms with Crippen LogP contribution in [0.4, 0.5) is 0 Å². The average molecular weight is 270 g/mol. The topological polar surface area (TPSA) is 58.2 Å². The van der Waals surface area contributed by atoms with Gasteiger partial charge in [0.25, 0.3) is 5.91 Å². The Balaban J connectivity index is 1.60. The van der Waals surface area contributed by atoms with Gasteiger partial charge in [0.1, 0.15) is 0 Å². The molecule has 0 unspecified atom stereocenters. The lowest BCUT2D eigenvalue weighted by molar-refractivity contribution is -0.132. The molecule has 0 spiro atoms. The highest BCUT2D eigenvalue weighted by atomic mass is 16.2. The molecule has 20 heavy (non-hydrogen) atoms. The van der Waals surface area contributed by atoms with Gasteiger partial charge in [0, 0.05) is 5.56 Å². The molecule has 3 rings (SSSR count). The number of allylic oxidation sites excluding steroid dienone is 2. The second-order valence-corrected chi connectivity index (χ2v) is 5.88. The molecule has 1 fully saturated rings. The van der Waals surface area contributed by atoms with Gasteiger partial charge in [0.05, 0.1) is 5.41 Å². The minimum atomic E-state index is -0.399. The Hall–Kier alpha value is -2.10. The van der Waals surface area contributed by atoms with Gasteiger partial charge in [-0.15, -0.1) is 0 Å². The van der Waals surface area contributed by atoms with E-state index in [1.807, 2.05) is 13.0 Å². The van der Waals surface area contributed by atoms with E-state index in [-0.39, 0.29) is 11.8 Å². The van der Waals surface area contributed by atoms with Crippen LogP contribution in [0.25, 0.3) is 0 Å². The molecule has 104 valence electrons. The first-order valence-electron chi connectivity index (χ1n) is 6.94. The molecule has 3 atom stereocenters. The number of rotatable bonds is 2. The predicted octanol–water partition coefficient (Wildman–Crippen LogP) is 2.05. The highest BCUT2D eigenvalue weighted by Crippen LogP contribution is 2.51. The normalized spacial score (nSPS) is 30.2. The molecule has 2 bridgehead atoms. The van der Waals surface area contributed by atoms with Crippen LogP contribution >= 0.6 is 0 Å². The molecule has 1 aromatic rings. The van der Waals surface area contributed by atoms with Gasteiger partial charge in [0.15, 0.2) is 0 Å². The Morgan fingerprint density at radius 1 is 1.15 bits per heavy atom. The Kier molecular flexibility index (Phi) is 3.08. The number of carbonyl (C=O) groups is 2. The molecule has 2 N–H and O–H groups in total. The van der Waals surface area contributed by atoms with Gasteiger partial charge in [0.2, 0.25) is 5.91 Å². The number of hydrogen-bond donors (Lipinski definition) is 2. The van der Waals surface area contributed by atoms with Gasteiger partial charge >= 0.3 is 0 Å². The summed E-state index contributed by atoms with van der Waals surface area (Å²) in [5, 5.41) is 0. The third-order valence-electron chi connectivity index (χ3n) is 4.52. The number of hydrazine groups is 1. The van der Waals surface area contributed by atoms with E-state index in [2.05, 4.69) is 23.0 Å². The van der Waals surface area contributed by atoms with Crippen LogP contribution in [0.15, 0.2) is 42.5 Å². The van der Waals surface area contributed by atoms with Crippen molar-refractivity contribution in [3.8, 4) is 0 Å². The first kappa shape index (κ1) is 12.9. The first-order chi connectivity index (χ1) is 9.59. The van der Waals surface area contributed by atoms with Crippen LogP contribution < -0.4 is 10.9 Å². The van der Waals surface area contributed by atoms with Crippen molar-refractivity contribution in [2.75, 3.05) is 0 Å². The molecule has 0 saturated heterocycles. The van der Waals surface area contributed by atoms with Gasteiger partial charge in [-0.1, -0.05) is 37.3 Å². The smallest absolute Gasteiger partial charge is 0.269 e. The summed E-state index contributed by atoms with van der Waals surface area (Å²) in [5.74, 6) is 0.418. The average Bonchev–Trinajstić information content (AvgIpc) is 3.06. The molecule has 0 aliphatic heterocycles. The molecule has 2 aliphatic rings. The van der Waals surface area contributed by atoms with Gasteiger partial charge in [-0.2, -0.15) is 0 Å². The van der Waals surface area contributed by atoms with E-state index >= 15 is 0 Å². The van der Waals surface area contributed by atoms with Crippen molar-refractivity contribution in [3.63, 3.8) is 0 Å². The molecule has 4 nitrogen and oxygen atoms in total. The van der Waals surface area contributed by atoms with Gasteiger partial charge < -0.3 is 0 Å². The molecule has 1 saturated carbocycles. The Bertz CT molecular complexity index is 567. The fraction of sp³-hybridized carbons (Fsp3) is 0.375. The summed E-state index contributed by atoms with van der Waals surface area (Å²) in [6.45, 7) is 1.98. The summed E-state index contributed by atoms with van der Waals surface area (Å²) >= 11 is 0. The number of amides is 2. The van der Waals surface area contributed by atoms with Crippen molar-refractivity contribution in [2.45, 2.75) is 19.8 Å². The highest BCUT2D eigenvalue weighted by molar-refractivity contribution is 5.96. The molecule has 0 radical (unpaired) electrons. The predicted molar refractivity (Wildman–Crippen MR) is 75.5 cm³/mol. The second-order valence-electron chi connectivity index (χ2n) is 5.88. The van der Waals surface area contributed by atoms with E-state index in [1.165, 1.54) is 0 Å². The van der Waals surface area contributed by atoms with E-state index in [4.69, 9.17) is 0 Å². The zero-order valence-electron chi connectivity index (χ0n) is 11.4. The Morgan fingerprint density at radius 2 is 1.90 bits per heavy atom. The summed E-state index contributed by atoms with van der Waals surface area (Å²) in [7, 11) is 0. The van der Waals surface area contributed by atoms with E-state index in [1.54, 1.807) is 24.3 Å². The monoisotopic (exact) mass is 270 g/mol. The van der Waals surface area contributed by atoms with Crippen LogP contribution in [0, 0.1) is 17.3 Å². The highest BCUT2D eigenvalue weighted by Gasteiger charge is 2.49. The number of nitrogens with one attached hydrogen (secondary N) is 2.